The van der Waals surface area contributed by atoms with Gasteiger partial charge in [-0.3, -0.25) is 4.79 Å². The van der Waals surface area contributed by atoms with Gasteiger partial charge < -0.3 is 20.6 Å². The summed E-state index contributed by atoms with van der Waals surface area (Å²) in [6, 6.07) is -0.791. The Morgan fingerprint density at radius 1 is 0.490 bits per heavy atom. The number of amides is 1. The van der Waals surface area contributed by atoms with Crippen LogP contribution in [0.1, 0.15) is 239 Å². The third-order valence-electron chi connectivity index (χ3n) is 10.4. The first-order valence-electron chi connectivity index (χ1n) is 22.0. The second kappa shape index (κ2) is 39.9. The average Bonchev–Trinajstić information content (AvgIpc) is 3.11. The van der Waals surface area contributed by atoms with Gasteiger partial charge >= 0.3 is 0 Å². The first kappa shape index (κ1) is 48.1. The van der Waals surface area contributed by atoms with E-state index in [-0.39, 0.29) is 6.61 Å². The Morgan fingerprint density at radius 2 is 0.796 bits per heavy atom. The predicted octanol–water partition coefficient (Wildman–Crippen LogP) is 12.4. The topological polar surface area (TPSA) is 89.8 Å². The van der Waals surface area contributed by atoms with Gasteiger partial charge in [0.05, 0.1) is 18.8 Å². The number of nitrogens with one attached hydrogen (secondary N) is 1. The van der Waals surface area contributed by atoms with Crippen molar-refractivity contribution < 1.29 is 20.1 Å². The molecule has 3 atom stereocenters. The largest absolute Gasteiger partial charge is 0.394 e. The molecule has 0 aliphatic heterocycles. The molecule has 0 aromatic rings. The summed E-state index contributed by atoms with van der Waals surface area (Å²) in [5, 5.41) is 33.1. The Balaban J connectivity index is 3.59. The van der Waals surface area contributed by atoms with Crippen LogP contribution in [0.2, 0.25) is 0 Å². The maximum Gasteiger partial charge on any atom is 0.249 e. The Labute approximate surface area is 306 Å². The SMILES string of the molecule is CCCCCCCCCCCCCCCCCCCCCCCC/C=C/C(O)C(CO)NC(=O)C(O)CCCCCCCCCCCCC. The molecular formula is C44H87NO4. The van der Waals surface area contributed by atoms with Crippen LogP contribution in [0.25, 0.3) is 0 Å². The van der Waals surface area contributed by atoms with Crippen molar-refractivity contribution in [3.05, 3.63) is 12.2 Å². The average molecular weight is 694 g/mol. The molecule has 0 radical (unpaired) electrons. The first-order chi connectivity index (χ1) is 24.1. The number of unbranched alkanes of at least 4 members (excludes halogenated alkanes) is 32. The molecule has 0 saturated heterocycles. The number of hydrogen-bond acceptors (Lipinski definition) is 4. The van der Waals surface area contributed by atoms with E-state index < -0.39 is 24.2 Å². The van der Waals surface area contributed by atoms with E-state index >= 15 is 0 Å². The van der Waals surface area contributed by atoms with Crippen molar-refractivity contribution in [2.24, 2.45) is 0 Å². The van der Waals surface area contributed by atoms with Gasteiger partial charge in [0.2, 0.25) is 5.91 Å². The van der Waals surface area contributed by atoms with Gasteiger partial charge in [-0.25, -0.2) is 0 Å². The summed E-state index contributed by atoms with van der Waals surface area (Å²) in [6.45, 7) is 4.18. The van der Waals surface area contributed by atoms with Crippen LogP contribution in [0.3, 0.4) is 0 Å². The summed E-state index contributed by atoms with van der Waals surface area (Å²) >= 11 is 0. The molecule has 0 fully saturated rings. The molecule has 0 aromatic heterocycles. The maximum atomic E-state index is 12.4. The minimum atomic E-state index is -1.09. The van der Waals surface area contributed by atoms with Gasteiger partial charge in [-0.15, -0.1) is 0 Å². The number of rotatable bonds is 40. The van der Waals surface area contributed by atoms with E-state index in [2.05, 4.69) is 19.2 Å². The van der Waals surface area contributed by atoms with Crippen molar-refractivity contribution in [2.45, 2.75) is 257 Å². The van der Waals surface area contributed by atoms with E-state index in [1.807, 2.05) is 6.08 Å². The van der Waals surface area contributed by atoms with Crippen LogP contribution >= 0.6 is 0 Å². The molecule has 4 N–H and O–H groups in total. The lowest BCUT2D eigenvalue weighted by Gasteiger charge is -2.21. The zero-order chi connectivity index (χ0) is 35.9. The van der Waals surface area contributed by atoms with Crippen LogP contribution in [0.15, 0.2) is 12.2 Å². The van der Waals surface area contributed by atoms with Gasteiger partial charge in [-0.05, 0) is 19.3 Å². The lowest BCUT2D eigenvalue weighted by atomic mass is 10.0. The number of aliphatic hydroxyl groups is 3. The van der Waals surface area contributed by atoms with Crippen LogP contribution in [-0.4, -0.2) is 46.1 Å². The van der Waals surface area contributed by atoms with E-state index in [1.165, 1.54) is 186 Å². The van der Waals surface area contributed by atoms with Crippen molar-refractivity contribution in [3.63, 3.8) is 0 Å². The fraction of sp³-hybridized carbons (Fsp3) is 0.932. The Kier molecular flexibility index (Phi) is 39.1. The number of hydrogen-bond donors (Lipinski definition) is 4. The molecule has 49 heavy (non-hydrogen) atoms. The third kappa shape index (κ3) is 35.3. The Morgan fingerprint density at radius 3 is 1.12 bits per heavy atom. The highest BCUT2D eigenvalue weighted by molar-refractivity contribution is 5.80. The second-order valence-corrected chi connectivity index (χ2v) is 15.3. The third-order valence-corrected chi connectivity index (χ3v) is 10.4. The number of allylic oxidation sites excluding steroid dienone is 1. The summed E-state index contributed by atoms with van der Waals surface area (Å²) in [6.07, 6.45) is 46.8. The quantitative estimate of drug-likeness (QED) is 0.0380. The first-order valence-corrected chi connectivity index (χ1v) is 22.0. The van der Waals surface area contributed by atoms with Crippen LogP contribution in [0.5, 0.6) is 0 Å². The summed E-state index contributed by atoms with van der Waals surface area (Å²) in [5.74, 6) is -0.502. The molecule has 0 heterocycles. The van der Waals surface area contributed by atoms with Gasteiger partial charge in [-0.2, -0.15) is 0 Å². The lowest BCUT2D eigenvalue weighted by Crippen LogP contribution is -2.48. The predicted molar refractivity (Wildman–Crippen MR) is 213 cm³/mol. The smallest absolute Gasteiger partial charge is 0.249 e. The van der Waals surface area contributed by atoms with Gasteiger partial charge in [0.1, 0.15) is 6.10 Å². The summed E-state index contributed by atoms with van der Waals surface area (Å²) in [7, 11) is 0. The minimum absolute atomic E-state index is 0.359. The fourth-order valence-electron chi connectivity index (χ4n) is 6.89. The number of carbonyl (C=O) groups is 1. The van der Waals surface area contributed by atoms with Crippen molar-refractivity contribution >= 4 is 5.91 Å². The number of aliphatic hydroxyl groups excluding tert-OH is 3. The fourth-order valence-corrected chi connectivity index (χ4v) is 6.89. The highest BCUT2D eigenvalue weighted by Crippen LogP contribution is 2.16. The molecule has 3 unspecified atom stereocenters. The number of carbonyl (C=O) groups excluding carboxylic acids is 1. The van der Waals surface area contributed by atoms with Gasteiger partial charge in [0.25, 0.3) is 0 Å². The highest BCUT2D eigenvalue weighted by Gasteiger charge is 2.22. The van der Waals surface area contributed by atoms with Gasteiger partial charge in [-0.1, -0.05) is 231 Å². The molecule has 5 nitrogen and oxygen atoms in total. The summed E-state index contributed by atoms with van der Waals surface area (Å²) in [4.78, 5) is 12.4. The molecule has 292 valence electrons. The minimum Gasteiger partial charge on any atom is -0.394 e. The Bertz CT molecular complexity index is 684. The van der Waals surface area contributed by atoms with Crippen LogP contribution in [-0.2, 0) is 4.79 Å². The van der Waals surface area contributed by atoms with E-state index in [0.717, 1.165) is 32.1 Å². The summed E-state index contributed by atoms with van der Waals surface area (Å²) in [5.41, 5.74) is 0. The molecule has 0 aromatic carbocycles. The van der Waals surface area contributed by atoms with E-state index in [9.17, 15) is 20.1 Å². The second-order valence-electron chi connectivity index (χ2n) is 15.3. The van der Waals surface area contributed by atoms with Crippen molar-refractivity contribution in [3.8, 4) is 0 Å². The zero-order valence-corrected chi connectivity index (χ0v) is 33.1. The Hall–Kier alpha value is -0.910. The summed E-state index contributed by atoms with van der Waals surface area (Å²) < 4.78 is 0. The van der Waals surface area contributed by atoms with E-state index in [1.54, 1.807) is 6.08 Å². The molecule has 0 rings (SSSR count). The molecular weight excluding hydrogens is 606 g/mol. The normalized spacial score (nSPS) is 13.7. The monoisotopic (exact) mass is 694 g/mol. The van der Waals surface area contributed by atoms with Crippen molar-refractivity contribution in [1.29, 1.82) is 0 Å². The van der Waals surface area contributed by atoms with E-state index in [4.69, 9.17) is 0 Å². The van der Waals surface area contributed by atoms with E-state index in [0.29, 0.717) is 6.42 Å². The van der Waals surface area contributed by atoms with Crippen LogP contribution in [0.4, 0.5) is 0 Å². The zero-order valence-electron chi connectivity index (χ0n) is 33.1. The molecule has 0 bridgehead atoms. The molecule has 0 saturated carbocycles. The van der Waals surface area contributed by atoms with Crippen molar-refractivity contribution in [2.75, 3.05) is 6.61 Å². The molecule has 1 amide bonds. The lowest BCUT2D eigenvalue weighted by molar-refractivity contribution is -0.131. The van der Waals surface area contributed by atoms with Gasteiger partial charge in [0, 0.05) is 0 Å². The molecule has 5 heteroatoms. The molecule has 0 spiro atoms. The molecule has 0 aliphatic carbocycles. The highest BCUT2D eigenvalue weighted by atomic mass is 16.3. The van der Waals surface area contributed by atoms with Crippen LogP contribution in [0, 0.1) is 0 Å². The van der Waals surface area contributed by atoms with Gasteiger partial charge in [0.15, 0.2) is 0 Å². The molecule has 0 aliphatic rings. The maximum absolute atomic E-state index is 12.4. The standard InChI is InChI=1S/C44H87NO4/c1-3-5-7-9-11-13-15-16-17-18-19-20-21-22-23-24-25-26-27-29-30-32-34-36-38-42(47)41(40-46)45-44(49)43(48)39-37-35-33-31-28-14-12-10-8-6-4-2/h36,38,41-43,46-48H,3-35,37,39-40H2,1-2H3,(H,45,49)/b38-36+. The van der Waals surface area contributed by atoms with Crippen LogP contribution < -0.4 is 5.32 Å². The van der Waals surface area contributed by atoms with Crippen molar-refractivity contribution in [1.82, 2.24) is 5.32 Å².